The van der Waals surface area contributed by atoms with E-state index < -0.39 is 0 Å². The van der Waals surface area contributed by atoms with E-state index in [0.29, 0.717) is 18.2 Å². The number of benzene rings is 2. The molecule has 0 unspecified atom stereocenters. The van der Waals surface area contributed by atoms with Crippen molar-refractivity contribution in [1.82, 2.24) is 4.57 Å². The van der Waals surface area contributed by atoms with Crippen LogP contribution in [0.3, 0.4) is 0 Å². The fraction of sp³-hybridized carbons (Fsp3) is 0.222. The van der Waals surface area contributed by atoms with E-state index in [0.717, 1.165) is 23.6 Å². The molecule has 0 aliphatic rings. The number of aromatic nitrogens is 1. The summed E-state index contributed by atoms with van der Waals surface area (Å²) in [6.45, 7) is 4.10. The van der Waals surface area contributed by atoms with Crippen molar-refractivity contribution >= 4 is 22.5 Å². The normalized spacial score (nSPS) is 11.0. The molecule has 0 saturated carbocycles. The van der Waals surface area contributed by atoms with Gasteiger partial charge in [0.25, 0.3) is 0 Å². The Morgan fingerprint density at radius 3 is 2.73 bits per heavy atom. The minimum absolute atomic E-state index is 0.515. The van der Waals surface area contributed by atoms with Crippen molar-refractivity contribution in [3.8, 4) is 5.75 Å². The van der Waals surface area contributed by atoms with Gasteiger partial charge in [-0.1, -0.05) is 29.8 Å². The number of hydrogen-bond acceptors (Lipinski definition) is 2. The standard InChI is InChI=1S/C18H19ClN2O/c1-2-21-16(12-22-17-5-3-4-15(19)10-17)9-14-7-6-13(11-20)8-18(14)21/h3-10H,2,11-12,20H2,1H3. The third kappa shape index (κ3) is 2.96. The van der Waals surface area contributed by atoms with E-state index in [4.69, 9.17) is 22.1 Å². The van der Waals surface area contributed by atoms with Gasteiger partial charge in [-0.15, -0.1) is 0 Å². The van der Waals surface area contributed by atoms with Crippen LogP contribution in [0.15, 0.2) is 48.5 Å². The van der Waals surface area contributed by atoms with Gasteiger partial charge in [0.15, 0.2) is 0 Å². The number of fused-ring (bicyclic) bond motifs is 1. The Morgan fingerprint density at radius 2 is 2.00 bits per heavy atom. The zero-order valence-corrected chi connectivity index (χ0v) is 13.3. The van der Waals surface area contributed by atoms with Crippen molar-refractivity contribution < 1.29 is 4.74 Å². The monoisotopic (exact) mass is 314 g/mol. The highest BCUT2D eigenvalue weighted by Crippen LogP contribution is 2.24. The maximum atomic E-state index is 5.99. The molecule has 22 heavy (non-hydrogen) atoms. The van der Waals surface area contributed by atoms with Crippen LogP contribution < -0.4 is 10.5 Å². The summed E-state index contributed by atoms with van der Waals surface area (Å²) in [7, 11) is 0. The molecule has 4 heteroatoms. The van der Waals surface area contributed by atoms with Crippen LogP contribution in [-0.4, -0.2) is 4.57 Å². The first-order chi connectivity index (χ1) is 10.7. The van der Waals surface area contributed by atoms with Gasteiger partial charge in [-0.3, -0.25) is 0 Å². The predicted molar refractivity (Wildman–Crippen MR) is 91.3 cm³/mol. The van der Waals surface area contributed by atoms with E-state index in [1.165, 1.54) is 10.9 Å². The van der Waals surface area contributed by atoms with Crippen molar-refractivity contribution in [1.29, 1.82) is 0 Å². The van der Waals surface area contributed by atoms with E-state index in [2.05, 4.69) is 35.8 Å². The molecule has 0 atom stereocenters. The molecular weight excluding hydrogens is 296 g/mol. The minimum atomic E-state index is 0.515. The van der Waals surface area contributed by atoms with Gasteiger partial charge in [-0.25, -0.2) is 0 Å². The lowest BCUT2D eigenvalue weighted by Crippen LogP contribution is -2.05. The molecule has 0 saturated heterocycles. The number of nitrogens with two attached hydrogens (primary N) is 1. The van der Waals surface area contributed by atoms with Crippen molar-refractivity contribution in [3.63, 3.8) is 0 Å². The number of ether oxygens (including phenoxy) is 1. The summed E-state index contributed by atoms with van der Waals surface area (Å²) in [4.78, 5) is 0. The Kier molecular flexibility index (Phi) is 4.36. The van der Waals surface area contributed by atoms with Crippen molar-refractivity contribution in [3.05, 3.63) is 64.8 Å². The SMILES string of the molecule is CCn1c(COc2cccc(Cl)c2)cc2ccc(CN)cc21. The predicted octanol–water partition coefficient (Wildman–Crippen LogP) is 4.35. The lowest BCUT2D eigenvalue weighted by atomic mass is 10.1. The summed E-state index contributed by atoms with van der Waals surface area (Å²) in [5.74, 6) is 0.781. The van der Waals surface area contributed by atoms with Crippen LogP contribution in [0.2, 0.25) is 5.02 Å². The van der Waals surface area contributed by atoms with Gasteiger partial charge in [0.1, 0.15) is 12.4 Å². The van der Waals surface area contributed by atoms with Gasteiger partial charge in [0.05, 0.1) is 5.69 Å². The molecule has 2 aromatic carbocycles. The highest BCUT2D eigenvalue weighted by molar-refractivity contribution is 6.30. The zero-order chi connectivity index (χ0) is 15.5. The van der Waals surface area contributed by atoms with Gasteiger partial charge in [0.2, 0.25) is 0 Å². The molecule has 0 aliphatic heterocycles. The van der Waals surface area contributed by atoms with Gasteiger partial charge >= 0.3 is 0 Å². The summed E-state index contributed by atoms with van der Waals surface area (Å²) in [5.41, 5.74) is 9.23. The Balaban J connectivity index is 1.90. The molecular formula is C18H19ClN2O. The smallest absolute Gasteiger partial charge is 0.128 e. The summed E-state index contributed by atoms with van der Waals surface area (Å²) in [6, 6.07) is 16.0. The molecule has 0 amide bonds. The van der Waals surface area contributed by atoms with Crippen molar-refractivity contribution in [2.75, 3.05) is 0 Å². The third-order valence-electron chi connectivity index (χ3n) is 3.79. The van der Waals surface area contributed by atoms with Crippen LogP contribution in [0, 0.1) is 0 Å². The van der Waals surface area contributed by atoms with Crippen LogP contribution in [0.1, 0.15) is 18.2 Å². The van der Waals surface area contributed by atoms with E-state index >= 15 is 0 Å². The van der Waals surface area contributed by atoms with Crippen LogP contribution in [-0.2, 0) is 19.7 Å². The molecule has 1 aromatic heterocycles. The molecule has 3 rings (SSSR count). The molecule has 1 heterocycles. The van der Waals surface area contributed by atoms with Crippen LogP contribution in [0.4, 0.5) is 0 Å². The topological polar surface area (TPSA) is 40.2 Å². The van der Waals surface area contributed by atoms with Crippen molar-refractivity contribution in [2.45, 2.75) is 26.6 Å². The largest absolute Gasteiger partial charge is 0.487 e. The average Bonchev–Trinajstić information content (AvgIpc) is 2.89. The summed E-state index contributed by atoms with van der Waals surface area (Å²) >= 11 is 5.99. The number of hydrogen-bond donors (Lipinski definition) is 1. The molecule has 114 valence electrons. The maximum Gasteiger partial charge on any atom is 0.128 e. The Morgan fingerprint density at radius 1 is 1.14 bits per heavy atom. The molecule has 3 aromatic rings. The summed E-state index contributed by atoms with van der Waals surface area (Å²) in [5, 5.41) is 1.89. The second-order valence-corrected chi connectivity index (χ2v) is 5.66. The summed E-state index contributed by atoms with van der Waals surface area (Å²) < 4.78 is 8.13. The fourth-order valence-electron chi connectivity index (χ4n) is 2.69. The number of nitrogens with zero attached hydrogens (tertiary/aromatic N) is 1. The highest BCUT2D eigenvalue weighted by atomic mass is 35.5. The van der Waals surface area contributed by atoms with Crippen LogP contribution in [0.5, 0.6) is 5.75 Å². The fourth-order valence-corrected chi connectivity index (χ4v) is 2.87. The lowest BCUT2D eigenvalue weighted by molar-refractivity contribution is 0.296. The second-order valence-electron chi connectivity index (χ2n) is 5.22. The van der Waals surface area contributed by atoms with Gasteiger partial charge in [0, 0.05) is 29.0 Å². The van der Waals surface area contributed by atoms with E-state index in [1.54, 1.807) is 0 Å². The molecule has 3 nitrogen and oxygen atoms in total. The average molecular weight is 315 g/mol. The minimum Gasteiger partial charge on any atom is -0.487 e. The first-order valence-corrected chi connectivity index (χ1v) is 7.78. The van der Waals surface area contributed by atoms with Gasteiger partial charge in [-0.05, 0) is 42.8 Å². The molecule has 0 aliphatic carbocycles. The van der Waals surface area contributed by atoms with E-state index in [9.17, 15) is 0 Å². The molecule has 0 fully saturated rings. The highest BCUT2D eigenvalue weighted by Gasteiger charge is 2.09. The molecule has 2 N–H and O–H groups in total. The third-order valence-corrected chi connectivity index (χ3v) is 4.02. The number of halogens is 1. The number of rotatable bonds is 5. The first kappa shape index (κ1) is 14.9. The quantitative estimate of drug-likeness (QED) is 0.760. The Bertz CT molecular complexity index is 795. The molecule has 0 radical (unpaired) electrons. The zero-order valence-electron chi connectivity index (χ0n) is 12.6. The Hall–Kier alpha value is -1.97. The number of aryl methyl sites for hydroxylation is 1. The second kappa shape index (κ2) is 6.42. The van der Waals surface area contributed by atoms with Gasteiger partial charge < -0.3 is 15.0 Å². The summed E-state index contributed by atoms with van der Waals surface area (Å²) in [6.07, 6.45) is 0. The Labute approximate surface area is 135 Å². The van der Waals surface area contributed by atoms with E-state index in [-0.39, 0.29) is 0 Å². The van der Waals surface area contributed by atoms with Gasteiger partial charge in [-0.2, -0.15) is 0 Å². The molecule has 0 spiro atoms. The van der Waals surface area contributed by atoms with Crippen LogP contribution >= 0.6 is 11.6 Å². The first-order valence-electron chi connectivity index (χ1n) is 7.40. The van der Waals surface area contributed by atoms with E-state index in [1.807, 2.05) is 24.3 Å². The van der Waals surface area contributed by atoms with Crippen LogP contribution in [0.25, 0.3) is 10.9 Å². The van der Waals surface area contributed by atoms with Crippen molar-refractivity contribution in [2.24, 2.45) is 5.73 Å². The maximum absolute atomic E-state index is 5.99. The lowest BCUT2D eigenvalue weighted by Gasteiger charge is -2.10. The molecule has 0 bridgehead atoms.